The van der Waals surface area contributed by atoms with Crippen LogP contribution in [0.1, 0.15) is 5.56 Å². The van der Waals surface area contributed by atoms with E-state index in [1.54, 1.807) is 7.11 Å². The Morgan fingerprint density at radius 3 is 3.06 bits per heavy atom. The van der Waals surface area contributed by atoms with Crippen molar-refractivity contribution in [3.63, 3.8) is 0 Å². The molecular formula is C13H18BrNOS. The van der Waals surface area contributed by atoms with Crippen molar-refractivity contribution in [1.29, 1.82) is 0 Å². The van der Waals surface area contributed by atoms with Crippen LogP contribution in [0.15, 0.2) is 35.3 Å². The molecule has 1 aromatic carbocycles. The smallest absolute Gasteiger partial charge is 0.123 e. The van der Waals surface area contributed by atoms with Crippen molar-refractivity contribution in [3.8, 4) is 5.75 Å². The van der Waals surface area contributed by atoms with Crippen LogP contribution in [0.25, 0.3) is 0 Å². The molecule has 0 spiro atoms. The van der Waals surface area contributed by atoms with E-state index in [1.165, 1.54) is 5.56 Å². The number of methoxy groups -OCH3 is 1. The monoisotopic (exact) mass is 315 g/mol. The molecule has 2 nitrogen and oxygen atoms in total. The van der Waals surface area contributed by atoms with Crippen LogP contribution in [0, 0.1) is 0 Å². The average molecular weight is 316 g/mol. The maximum absolute atomic E-state index is 5.32. The maximum Gasteiger partial charge on any atom is 0.123 e. The fourth-order valence-electron chi connectivity index (χ4n) is 1.42. The lowest BCUT2D eigenvalue weighted by molar-refractivity contribution is 0.408. The molecule has 0 bridgehead atoms. The van der Waals surface area contributed by atoms with E-state index in [4.69, 9.17) is 4.74 Å². The zero-order valence-corrected chi connectivity index (χ0v) is 12.4. The fourth-order valence-corrected chi connectivity index (χ4v) is 2.45. The molecule has 0 atom stereocenters. The molecule has 0 radical (unpaired) electrons. The van der Waals surface area contributed by atoms with Crippen LogP contribution < -0.4 is 10.1 Å². The normalized spacial score (nSPS) is 10.2. The van der Waals surface area contributed by atoms with E-state index in [9.17, 15) is 0 Å². The van der Waals surface area contributed by atoms with Gasteiger partial charge in [-0.25, -0.2) is 0 Å². The summed E-state index contributed by atoms with van der Waals surface area (Å²) in [4.78, 5) is 0. The number of hydrogen-bond donors (Lipinski definition) is 1. The highest BCUT2D eigenvalue weighted by atomic mass is 79.9. The second-order valence-electron chi connectivity index (χ2n) is 3.50. The summed E-state index contributed by atoms with van der Waals surface area (Å²) in [5.74, 6) is 3.05. The van der Waals surface area contributed by atoms with Crippen molar-refractivity contribution in [2.24, 2.45) is 0 Å². The third-order valence-electron chi connectivity index (χ3n) is 2.22. The highest BCUT2D eigenvalue weighted by Crippen LogP contribution is 2.22. The molecule has 0 fully saturated rings. The zero-order chi connectivity index (χ0) is 12.5. The molecule has 1 N–H and O–H groups in total. The van der Waals surface area contributed by atoms with E-state index in [0.29, 0.717) is 0 Å². The first-order valence-corrected chi connectivity index (χ1v) is 7.44. The Hall–Kier alpha value is -0.450. The van der Waals surface area contributed by atoms with Gasteiger partial charge in [0.25, 0.3) is 0 Å². The molecule has 4 heteroatoms. The highest BCUT2D eigenvalue weighted by Gasteiger charge is 2.02. The lowest BCUT2D eigenvalue weighted by Gasteiger charge is -2.10. The van der Waals surface area contributed by atoms with E-state index in [-0.39, 0.29) is 0 Å². The number of halogens is 1. The number of nitrogens with one attached hydrogen (secondary N) is 1. The summed E-state index contributed by atoms with van der Waals surface area (Å²) in [5, 5.41) is 3.41. The first-order valence-electron chi connectivity index (χ1n) is 5.49. The van der Waals surface area contributed by atoms with Gasteiger partial charge in [0, 0.05) is 34.6 Å². The van der Waals surface area contributed by atoms with Gasteiger partial charge in [0.1, 0.15) is 5.75 Å². The van der Waals surface area contributed by atoms with E-state index in [2.05, 4.69) is 33.9 Å². The Morgan fingerprint density at radius 1 is 1.53 bits per heavy atom. The number of thioether (sulfide) groups is 1. The van der Waals surface area contributed by atoms with Gasteiger partial charge >= 0.3 is 0 Å². The molecule has 0 saturated carbocycles. The van der Waals surface area contributed by atoms with Crippen molar-refractivity contribution < 1.29 is 4.74 Å². The van der Waals surface area contributed by atoms with Crippen LogP contribution in [0.2, 0.25) is 0 Å². The van der Waals surface area contributed by atoms with Gasteiger partial charge < -0.3 is 10.1 Å². The van der Waals surface area contributed by atoms with Crippen LogP contribution >= 0.6 is 27.7 Å². The highest BCUT2D eigenvalue weighted by molar-refractivity contribution is 9.10. The standard InChI is InChI=1S/C13H18BrNOS/c1-3-7-17-8-6-15-10-11-9-12(14)4-5-13(11)16-2/h3-5,9,15H,1,6-8,10H2,2H3. The van der Waals surface area contributed by atoms with Crippen LogP contribution in [0.5, 0.6) is 5.75 Å². The van der Waals surface area contributed by atoms with Gasteiger partial charge in [0.05, 0.1) is 7.11 Å². The number of benzene rings is 1. The third-order valence-corrected chi connectivity index (χ3v) is 3.67. The Morgan fingerprint density at radius 2 is 2.35 bits per heavy atom. The number of hydrogen-bond acceptors (Lipinski definition) is 3. The van der Waals surface area contributed by atoms with Gasteiger partial charge in [-0.1, -0.05) is 22.0 Å². The summed E-state index contributed by atoms with van der Waals surface area (Å²) in [6.07, 6.45) is 1.93. The quantitative estimate of drug-likeness (QED) is 0.586. The summed E-state index contributed by atoms with van der Waals surface area (Å²) in [7, 11) is 1.70. The second kappa shape index (κ2) is 8.61. The van der Waals surface area contributed by atoms with Gasteiger partial charge in [-0.15, -0.1) is 6.58 Å². The molecule has 17 heavy (non-hydrogen) atoms. The Bertz CT molecular complexity index is 357. The van der Waals surface area contributed by atoms with Crippen molar-refractivity contribution in [2.45, 2.75) is 6.54 Å². The molecular weight excluding hydrogens is 298 g/mol. The van der Waals surface area contributed by atoms with Crippen molar-refractivity contribution >= 4 is 27.7 Å². The molecule has 0 heterocycles. The molecule has 94 valence electrons. The Balaban J connectivity index is 2.35. The number of ether oxygens (including phenoxy) is 1. The van der Waals surface area contributed by atoms with Crippen molar-refractivity contribution in [2.75, 3.05) is 25.2 Å². The van der Waals surface area contributed by atoms with Gasteiger partial charge in [-0.2, -0.15) is 11.8 Å². The Labute approximate surface area is 116 Å². The molecule has 0 aliphatic heterocycles. The predicted molar refractivity (Wildman–Crippen MR) is 79.9 cm³/mol. The largest absolute Gasteiger partial charge is 0.496 e. The average Bonchev–Trinajstić information content (AvgIpc) is 2.34. The van der Waals surface area contributed by atoms with E-state index < -0.39 is 0 Å². The van der Waals surface area contributed by atoms with Gasteiger partial charge in [0.2, 0.25) is 0 Å². The molecule has 1 aromatic rings. The zero-order valence-electron chi connectivity index (χ0n) is 10.0. The Kier molecular flexibility index (Phi) is 7.40. The first kappa shape index (κ1) is 14.6. The minimum atomic E-state index is 0.831. The van der Waals surface area contributed by atoms with Crippen LogP contribution in [-0.4, -0.2) is 25.2 Å². The van der Waals surface area contributed by atoms with Gasteiger partial charge in [0.15, 0.2) is 0 Å². The first-order chi connectivity index (χ1) is 8.27. The molecule has 1 rings (SSSR count). The molecule has 0 aromatic heterocycles. The second-order valence-corrected chi connectivity index (χ2v) is 5.56. The van der Waals surface area contributed by atoms with Crippen molar-refractivity contribution in [1.82, 2.24) is 5.32 Å². The van der Waals surface area contributed by atoms with Gasteiger partial charge in [-0.05, 0) is 18.2 Å². The minimum Gasteiger partial charge on any atom is -0.496 e. The predicted octanol–water partition coefficient (Wildman–Crippen LogP) is 3.47. The maximum atomic E-state index is 5.32. The lowest BCUT2D eigenvalue weighted by atomic mass is 10.2. The molecule has 0 saturated heterocycles. The molecule has 0 unspecified atom stereocenters. The van der Waals surface area contributed by atoms with E-state index in [1.807, 2.05) is 30.0 Å². The summed E-state index contributed by atoms with van der Waals surface area (Å²) in [6, 6.07) is 6.05. The summed E-state index contributed by atoms with van der Waals surface area (Å²) >= 11 is 5.35. The molecule has 0 aliphatic rings. The van der Waals surface area contributed by atoms with Crippen LogP contribution in [0.4, 0.5) is 0 Å². The molecule has 0 amide bonds. The SMILES string of the molecule is C=CCSCCNCc1cc(Br)ccc1OC. The van der Waals surface area contributed by atoms with Gasteiger partial charge in [-0.3, -0.25) is 0 Å². The fraction of sp³-hybridized carbons (Fsp3) is 0.385. The molecule has 0 aliphatic carbocycles. The summed E-state index contributed by atoms with van der Waals surface area (Å²) in [5.41, 5.74) is 1.18. The third kappa shape index (κ3) is 5.61. The summed E-state index contributed by atoms with van der Waals surface area (Å²) < 4.78 is 6.40. The summed E-state index contributed by atoms with van der Waals surface area (Å²) in [6.45, 7) is 5.52. The van der Waals surface area contributed by atoms with Crippen LogP contribution in [0.3, 0.4) is 0 Å². The van der Waals surface area contributed by atoms with E-state index >= 15 is 0 Å². The van der Waals surface area contributed by atoms with E-state index in [0.717, 1.165) is 34.8 Å². The number of rotatable bonds is 8. The lowest BCUT2D eigenvalue weighted by Crippen LogP contribution is -2.17. The van der Waals surface area contributed by atoms with Crippen LogP contribution in [-0.2, 0) is 6.54 Å². The topological polar surface area (TPSA) is 21.3 Å². The minimum absolute atomic E-state index is 0.831. The van der Waals surface area contributed by atoms with Crippen molar-refractivity contribution in [3.05, 3.63) is 40.9 Å².